The van der Waals surface area contributed by atoms with Crippen molar-refractivity contribution in [3.05, 3.63) is 35.4 Å². The monoisotopic (exact) mass is 324 g/mol. The third-order valence-electron chi connectivity index (χ3n) is 4.74. The van der Waals surface area contributed by atoms with E-state index in [1.165, 1.54) is 6.07 Å². The summed E-state index contributed by atoms with van der Waals surface area (Å²) in [5.41, 5.74) is -0.187. The van der Waals surface area contributed by atoms with E-state index in [2.05, 4.69) is 17.6 Å². The Balaban J connectivity index is 1.95. The molecule has 2 atom stereocenters. The Morgan fingerprint density at radius 3 is 2.74 bits per heavy atom. The van der Waals surface area contributed by atoms with Crippen LogP contribution in [0.3, 0.4) is 0 Å². The lowest BCUT2D eigenvalue weighted by Crippen LogP contribution is -2.42. The number of carbonyl (C=O) groups excluding carboxylic acids is 1. The van der Waals surface area contributed by atoms with Crippen molar-refractivity contribution in [1.29, 1.82) is 0 Å². The second-order valence-electron chi connectivity index (χ2n) is 7.09. The topological polar surface area (TPSA) is 41.1 Å². The first-order valence-corrected chi connectivity index (χ1v) is 8.27. The van der Waals surface area contributed by atoms with Gasteiger partial charge in [-0.3, -0.25) is 4.79 Å². The molecule has 1 aromatic rings. The summed E-state index contributed by atoms with van der Waals surface area (Å²) in [7, 11) is 0. The van der Waals surface area contributed by atoms with E-state index in [9.17, 15) is 13.6 Å². The minimum absolute atomic E-state index is 0.0576. The van der Waals surface area contributed by atoms with Crippen molar-refractivity contribution >= 4 is 5.91 Å². The summed E-state index contributed by atoms with van der Waals surface area (Å²) in [5.74, 6) is -1.02. The van der Waals surface area contributed by atoms with Crippen LogP contribution < -0.4 is 10.6 Å². The fourth-order valence-corrected chi connectivity index (χ4v) is 3.18. The standard InChI is InChI=1S/C18H26F2N2O/c1-12(13-5-4-8-21-11-13)9-17(23)22-18(2,3)14-6-7-15(19)16(20)10-14/h6-7,10,12-13,21H,4-5,8-9,11H2,1-3H3,(H,22,23). The van der Waals surface area contributed by atoms with E-state index in [0.29, 0.717) is 23.8 Å². The van der Waals surface area contributed by atoms with Crippen molar-refractivity contribution in [2.45, 2.75) is 45.6 Å². The molecule has 1 saturated heterocycles. The van der Waals surface area contributed by atoms with Gasteiger partial charge in [0, 0.05) is 6.42 Å². The van der Waals surface area contributed by atoms with Gasteiger partial charge in [0.05, 0.1) is 5.54 Å². The van der Waals surface area contributed by atoms with Crippen LogP contribution in [-0.2, 0) is 10.3 Å². The number of carbonyl (C=O) groups is 1. The lowest BCUT2D eigenvalue weighted by atomic mass is 9.85. The Morgan fingerprint density at radius 2 is 2.13 bits per heavy atom. The van der Waals surface area contributed by atoms with Crippen LogP contribution >= 0.6 is 0 Å². The van der Waals surface area contributed by atoms with E-state index in [1.807, 2.05) is 0 Å². The van der Waals surface area contributed by atoms with Crippen LogP contribution in [0.2, 0.25) is 0 Å². The van der Waals surface area contributed by atoms with Crippen LogP contribution in [0, 0.1) is 23.5 Å². The summed E-state index contributed by atoms with van der Waals surface area (Å²) in [6.07, 6.45) is 2.74. The summed E-state index contributed by atoms with van der Waals surface area (Å²) in [5, 5.41) is 6.31. The van der Waals surface area contributed by atoms with Crippen molar-refractivity contribution < 1.29 is 13.6 Å². The third-order valence-corrected chi connectivity index (χ3v) is 4.74. The van der Waals surface area contributed by atoms with Crippen molar-refractivity contribution in [3.63, 3.8) is 0 Å². The van der Waals surface area contributed by atoms with Gasteiger partial charge in [0.2, 0.25) is 5.91 Å². The van der Waals surface area contributed by atoms with E-state index in [1.54, 1.807) is 13.8 Å². The molecule has 23 heavy (non-hydrogen) atoms. The van der Waals surface area contributed by atoms with Gasteiger partial charge in [-0.2, -0.15) is 0 Å². The van der Waals surface area contributed by atoms with Gasteiger partial charge in [-0.15, -0.1) is 0 Å². The van der Waals surface area contributed by atoms with Crippen molar-refractivity contribution in [3.8, 4) is 0 Å². The number of hydrogen-bond acceptors (Lipinski definition) is 2. The lowest BCUT2D eigenvalue weighted by Gasteiger charge is -2.31. The fourth-order valence-electron chi connectivity index (χ4n) is 3.18. The molecular weight excluding hydrogens is 298 g/mol. The zero-order valence-corrected chi connectivity index (χ0v) is 14.1. The number of rotatable bonds is 5. The number of benzene rings is 1. The summed E-state index contributed by atoms with van der Waals surface area (Å²) < 4.78 is 26.5. The van der Waals surface area contributed by atoms with Crippen LogP contribution in [0.4, 0.5) is 8.78 Å². The first kappa shape index (κ1) is 17.9. The van der Waals surface area contributed by atoms with E-state index < -0.39 is 17.2 Å². The fraction of sp³-hybridized carbons (Fsp3) is 0.611. The predicted octanol–water partition coefficient (Wildman–Crippen LogP) is 3.34. The number of halogens is 2. The SMILES string of the molecule is CC(CC(=O)NC(C)(C)c1ccc(F)c(F)c1)C1CCCNC1. The Morgan fingerprint density at radius 1 is 1.39 bits per heavy atom. The number of hydrogen-bond donors (Lipinski definition) is 2. The summed E-state index contributed by atoms with van der Waals surface area (Å²) in [6.45, 7) is 7.70. The summed E-state index contributed by atoms with van der Waals surface area (Å²) in [6, 6.07) is 3.74. The highest BCUT2D eigenvalue weighted by molar-refractivity contribution is 5.77. The molecule has 128 valence electrons. The van der Waals surface area contributed by atoms with Gasteiger partial charge in [-0.05, 0) is 69.3 Å². The molecule has 1 aliphatic heterocycles. The van der Waals surface area contributed by atoms with Gasteiger partial charge in [-0.25, -0.2) is 8.78 Å². The lowest BCUT2D eigenvalue weighted by molar-refractivity contribution is -0.124. The Labute approximate surface area is 136 Å². The molecule has 1 amide bonds. The molecule has 1 aliphatic rings. The van der Waals surface area contributed by atoms with Crippen molar-refractivity contribution in [1.82, 2.24) is 10.6 Å². The molecule has 2 unspecified atom stereocenters. The minimum atomic E-state index is -0.897. The molecule has 3 nitrogen and oxygen atoms in total. The Hall–Kier alpha value is -1.49. The van der Waals surface area contributed by atoms with Crippen LogP contribution in [0.5, 0.6) is 0 Å². The molecule has 1 fully saturated rings. The molecule has 2 rings (SSSR count). The maximum atomic E-state index is 13.4. The second kappa shape index (κ2) is 7.39. The average molecular weight is 324 g/mol. The van der Waals surface area contributed by atoms with Crippen molar-refractivity contribution in [2.75, 3.05) is 13.1 Å². The van der Waals surface area contributed by atoms with Crippen LogP contribution in [0.25, 0.3) is 0 Å². The number of piperidine rings is 1. The van der Waals surface area contributed by atoms with Crippen LogP contribution in [0.15, 0.2) is 18.2 Å². The first-order chi connectivity index (χ1) is 10.8. The van der Waals surface area contributed by atoms with E-state index in [4.69, 9.17) is 0 Å². The molecule has 0 radical (unpaired) electrons. The molecule has 2 N–H and O–H groups in total. The summed E-state index contributed by atoms with van der Waals surface area (Å²) >= 11 is 0. The zero-order chi connectivity index (χ0) is 17.0. The molecule has 0 saturated carbocycles. The van der Waals surface area contributed by atoms with Gasteiger partial charge < -0.3 is 10.6 Å². The highest BCUT2D eigenvalue weighted by Gasteiger charge is 2.27. The number of nitrogens with one attached hydrogen (secondary N) is 2. The maximum Gasteiger partial charge on any atom is 0.220 e. The van der Waals surface area contributed by atoms with Crippen molar-refractivity contribution in [2.24, 2.45) is 11.8 Å². The molecule has 1 heterocycles. The Kier molecular flexibility index (Phi) is 5.74. The largest absolute Gasteiger partial charge is 0.347 e. The van der Waals surface area contributed by atoms with E-state index in [0.717, 1.165) is 38.1 Å². The first-order valence-electron chi connectivity index (χ1n) is 8.27. The predicted molar refractivity (Wildman–Crippen MR) is 86.9 cm³/mol. The highest BCUT2D eigenvalue weighted by atomic mass is 19.2. The quantitative estimate of drug-likeness (QED) is 0.872. The van der Waals surface area contributed by atoms with Gasteiger partial charge in [0.25, 0.3) is 0 Å². The van der Waals surface area contributed by atoms with Crippen LogP contribution in [0.1, 0.15) is 45.6 Å². The minimum Gasteiger partial charge on any atom is -0.347 e. The molecule has 0 aromatic heterocycles. The Bertz CT molecular complexity index is 554. The molecular formula is C18H26F2N2O. The second-order valence-corrected chi connectivity index (χ2v) is 7.09. The maximum absolute atomic E-state index is 13.4. The summed E-state index contributed by atoms with van der Waals surface area (Å²) in [4.78, 5) is 12.3. The van der Waals surface area contributed by atoms with Gasteiger partial charge in [0.1, 0.15) is 0 Å². The zero-order valence-electron chi connectivity index (χ0n) is 14.1. The molecule has 5 heteroatoms. The molecule has 0 bridgehead atoms. The smallest absolute Gasteiger partial charge is 0.220 e. The van der Waals surface area contributed by atoms with Gasteiger partial charge >= 0.3 is 0 Å². The highest BCUT2D eigenvalue weighted by Crippen LogP contribution is 2.25. The third kappa shape index (κ3) is 4.74. The average Bonchev–Trinajstić information content (AvgIpc) is 2.50. The van der Waals surface area contributed by atoms with Gasteiger partial charge in [0.15, 0.2) is 11.6 Å². The molecule has 0 aliphatic carbocycles. The van der Waals surface area contributed by atoms with E-state index >= 15 is 0 Å². The van der Waals surface area contributed by atoms with Crippen LogP contribution in [-0.4, -0.2) is 19.0 Å². The molecule has 0 spiro atoms. The van der Waals surface area contributed by atoms with Gasteiger partial charge in [-0.1, -0.05) is 13.0 Å². The van der Waals surface area contributed by atoms with E-state index in [-0.39, 0.29) is 5.91 Å². The molecule has 1 aromatic carbocycles. The normalized spacial score (nSPS) is 20.1. The number of amides is 1.